The number of aryl methyl sites for hydroxylation is 1. The van der Waals surface area contributed by atoms with E-state index >= 15 is 0 Å². The van der Waals surface area contributed by atoms with Gasteiger partial charge in [0.2, 0.25) is 15.9 Å². The van der Waals surface area contributed by atoms with Crippen LogP contribution in [0.15, 0.2) is 53.4 Å². The number of benzene rings is 2. The van der Waals surface area contributed by atoms with E-state index in [9.17, 15) is 26.4 Å². The third-order valence-corrected chi connectivity index (χ3v) is 9.27. The summed E-state index contributed by atoms with van der Waals surface area (Å²) in [5, 5.41) is 0. The molecule has 1 saturated heterocycles. The largest absolute Gasteiger partial charge is 0.467 e. The fourth-order valence-electron chi connectivity index (χ4n) is 3.96. The first-order chi connectivity index (χ1) is 17.3. The summed E-state index contributed by atoms with van der Waals surface area (Å²) in [6.07, 6.45) is 0.744. The van der Waals surface area contributed by atoms with Crippen LogP contribution in [0.2, 0.25) is 0 Å². The molecule has 2 atom stereocenters. The third kappa shape index (κ3) is 6.12. The van der Waals surface area contributed by atoms with Crippen LogP contribution in [-0.4, -0.2) is 77.2 Å². The zero-order chi connectivity index (χ0) is 27.5. The topological polar surface area (TPSA) is 131 Å². The number of hydrogen-bond donors (Lipinski definition) is 0. The van der Waals surface area contributed by atoms with Gasteiger partial charge in [-0.3, -0.25) is 9.69 Å². The molecule has 1 heterocycles. The lowest BCUT2D eigenvalue weighted by Crippen LogP contribution is -2.53. The summed E-state index contributed by atoms with van der Waals surface area (Å²) in [5.41, 5.74) is 1.15. The third-order valence-electron chi connectivity index (χ3n) is 6.05. The summed E-state index contributed by atoms with van der Waals surface area (Å²) in [6, 6.07) is 9.78. The first-order valence-corrected chi connectivity index (χ1v) is 14.3. The van der Waals surface area contributed by atoms with Crippen LogP contribution in [-0.2, 0) is 34.7 Å². The van der Waals surface area contributed by atoms with E-state index in [1.165, 1.54) is 69.4 Å². The van der Waals surface area contributed by atoms with Crippen molar-refractivity contribution >= 4 is 37.9 Å². The molecule has 2 aromatic rings. The average Bonchev–Trinajstić information content (AvgIpc) is 3.35. The fraction of sp³-hybridized carbons (Fsp3) is 0.417. The Labute approximate surface area is 217 Å². The van der Waals surface area contributed by atoms with Crippen molar-refractivity contribution in [1.29, 1.82) is 0 Å². The number of carbonyl (C=O) groups excluding carboxylic acids is 2. The van der Waals surface area contributed by atoms with Gasteiger partial charge in [0.15, 0.2) is 0 Å². The predicted octanol–water partition coefficient (Wildman–Crippen LogP) is 1.93. The molecule has 0 N–H and O–H groups in total. The second-order valence-corrected chi connectivity index (χ2v) is 12.5. The maximum absolute atomic E-state index is 13.8. The summed E-state index contributed by atoms with van der Waals surface area (Å²) in [7, 11) is -4.14. The standard InChI is InChI=1S/C24H31N3O8S2/c1-17-8-14-21(15-9-17)36(30,31)26-16-6-7-22(26)23(28)27(18(2)24(29)34-5)19-10-12-20(13-11-19)35-37(32,33)25(3)4/h8-15,18,22H,6-7,16H2,1-5H3/t18-,22-/m0/s1. The molecule has 0 unspecified atom stereocenters. The molecule has 1 amide bonds. The second-order valence-electron chi connectivity index (χ2n) is 8.81. The Morgan fingerprint density at radius 1 is 1.00 bits per heavy atom. The van der Waals surface area contributed by atoms with Crippen molar-refractivity contribution in [1.82, 2.24) is 8.61 Å². The number of esters is 1. The SMILES string of the molecule is COC(=O)[C@H](C)N(C(=O)[C@@H]1CCCN1S(=O)(=O)c1ccc(C)cc1)c1ccc(OS(=O)(=O)N(C)C)cc1. The number of ether oxygens (including phenoxy) is 1. The van der Waals surface area contributed by atoms with Gasteiger partial charge in [0.25, 0.3) is 0 Å². The minimum Gasteiger partial charge on any atom is -0.467 e. The molecule has 3 rings (SSSR count). The number of amides is 1. The highest BCUT2D eigenvalue weighted by Gasteiger charge is 2.43. The normalized spacial score (nSPS) is 17.4. The monoisotopic (exact) mass is 553 g/mol. The number of hydrogen-bond acceptors (Lipinski definition) is 8. The maximum atomic E-state index is 13.8. The predicted molar refractivity (Wildman–Crippen MR) is 137 cm³/mol. The molecule has 11 nitrogen and oxygen atoms in total. The molecule has 0 radical (unpaired) electrons. The molecular formula is C24H31N3O8S2. The van der Waals surface area contributed by atoms with Crippen LogP contribution in [0.4, 0.5) is 5.69 Å². The van der Waals surface area contributed by atoms with Crippen LogP contribution in [0.3, 0.4) is 0 Å². The molecule has 13 heteroatoms. The van der Waals surface area contributed by atoms with Crippen molar-refractivity contribution < 1.29 is 35.3 Å². The minimum atomic E-state index is -3.99. The Hall–Kier alpha value is -3.00. The van der Waals surface area contributed by atoms with E-state index in [2.05, 4.69) is 0 Å². The van der Waals surface area contributed by atoms with Gasteiger partial charge in [0.1, 0.15) is 17.8 Å². The van der Waals surface area contributed by atoms with Gasteiger partial charge in [-0.1, -0.05) is 17.7 Å². The van der Waals surface area contributed by atoms with Crippen molar-refractivity contribution in [3.05, 3.63) is 54.1 Å². The summed E-state index contributed by atoms with van der Waals surface area (Å²) in [5.74, 6) is -1.30. The van der Waals surface area contributed by atoms with E-state index in [-0.39, 0.29) is 29.3 Å². The van der Waals surface area contributed by atoms with Gasteiger partial charge in [0.05, 0.1) is 12.0 Å². The first-order valence-electron chi connectivity index (χ1n) is 11.5. The highest BCUT2D eigenvalue weighted by Crippen LogP contribution is 2.31. The lowest BCUT2D eigenvalue weighted by Gasteiger charge is -2.33. The maximum Gasteiger partial charge on any atom is 0.384 e. The van der Waals surface area contributed by atoms with E-state index in [4.69, 9.17) is 8.92 Å². The van der Waals surface area contributed by atoms with Gasteiger partial charge in [-0.2, -0.15) is 17.0 Å². The number of carbonyl (C=O) groups is 2. The Morgan fingerprint density at radius 3 is 2.14 bits per heavy atom. The quantitative estimate of drug-likeness (QED) is 0.431. The van der Waals surface area contributed by atoms with Crippen molar-refractivity contribution in [2.75, 3.05) is 32.6 Å². The van der Waals surface area contributed by atoms with Crippen molar-refractivity contribution in [3.8, 4) is 5.75 Å². The van der Waals surface area contributed by atoms with Crippen molar-refractivity contribution in [2.45, 2.75) is 43.7 Å². The van der Waals surface area contributed by atoms with Gasteiger partial charge in [-0.05, 0) is 63.1 Å². The number of methoxy groups -OCH3 is 1. The van der Waals surface area contributed by atoms with Gasteiger partial charge in [0, 0.05) is 26.3 Å². The lowest BCUT2D eigenvalue weighted by molar-refractivity contribution is -0.143. The van der Waals surface area contributed by atoms with Crippen LogP contribution in [0.5, 0.6) is 5.75 Å². The molecule has 0 aliphatic carbocycles. The van der Waals surface area contributed by atoms with E-state index in [0.717, 1.165) is 14.2 Å². The van der Waals surface area contributed by atoms with Gasteiger partial charge in [-0.15, -0.1) is 0 Å². The molecule has 0 aromatic heterocycles. The van der Waals surface area contributed by atoms with E-state index in [1.807, 2.05) is 6.92 Å². The fourth-order valence-corrected chi connectivity index (χ4v) is 6.11. The molecular weight excluding hydrogens is 522 g/mol. The van der Waals surface area contributed by atoms with Crippen LogP contribution >= 0.6 is 0 Å². The van der Waals surface area contributed by atoms with Gasteiger partial charge >= 0.3 is 16.3 Å². The molecule has 0 bridgehead atoms. The van der Waals surface area contributed by atoms with Crippen LogP contribution in [0.25, 0.3) is 0 Å². The number of rotatable bonds is 9. The van der Waals surface area contributed by atoms with Gasteiger partial charge < -0.3 is 8.92 Å². The molecule has 1 aliphatic rings. The highest BCUT2D eigenvalue weighted by molar-refractivity contribution is 7.89. The van der Waals surface area contributed by atoms with Crippen LogP contribution in [0.1, 0.15) is 25.3 Å². The van der Waals surface area contributed by atoms with Crippen molar-refractivity contribution in [3.63, 3.8) is 0 Å². The summed E-state index contributed by atoms with van der Waals surface area (Å²) in [4.78, 5) is 27.5. The van der Waals surface area contributed by atoms with E-state index in [1.54, 1.807) is 12.1 Å². The minimum absolute atomic E-state index is 0.0000110. The van der Waals surface area contributed by atoms with E-state index in [0.29, 0.717) is 6.42 Å². The summed E-state index contributed by atoms with van der Waals surface area (Å²) >= 11 is 0. The molecule has 1 aliphatic heterocycles. The Kier molecular flexibility index (Phi) is 8.63. The molecule has 0 saturated carbocycles. The van der Waals surface area contributed by atoms with Crippen molar-refractivity contribution in [2.24, 2.45) is 0 Å². The number of nitrogens with zero attached hydrogens (tertiary/aromatic N) is 3. The Balaban J connectivity index is 1.96. The highest BCUT2D eigenvalue weighted by atomic mass is 32.2. The molecule has 0 spiro atoms. The average molecular weight is 554 g/mol. The number of sulfonamides is 1. The summed E-state index contributed by atoms with van der Waals surface area (Å²) in [6.45, 7) is 3.47. The lowest BCUT2D eigenvalue weighted by atomic mass is 10.1. The van der Waals surface area contributed by atoms with E-state index < -0.39 is 44.3 Å². The molecule has 2 aromatic carbocycles. The second kappa shape index (κ2) is 11.2. The zero-order valence-corrected chi connectivity index (χ0v) is 23.0. The number of anilines is 1. The Bertz CT molecular complexity index is 1340. The zero-order valence-electron chi connectivity index (χ0n) is 21.3. The van der Waals surface area contributed by atoms with Gasteiger partial charge in [-0.25, -0.2) is 13.2 Å². The summed E-state index contributed by atoms with van der Waals surface area (Å²) < 4.78 is 62.8. The first kappa shape index (κ1) is 28.6. The molecule has 37 heavy (non-hydrogen) atoms. The van der Waals surface area contributed by atoms with Crippen LogP contribution < -0.4 is 9.08 Å². The smallest absolute Gasteiger partial charge is 0.384 e. The molecule has 1 fully saturated rings. The molecule has 202 valence electrons. The van der Waals surface area contributed by atoms with Crippen LogP contribution in [0, 0.1) is 6.92 Å². The Morgan fingerprint density at radius 2 is 1.59 bits per heavy atom.